The number of nitrogens with zero attached hydrogens (tertiary/aromatic N) is 1. The lowest BCUT2D eigenvalue weighted by atomic mass is 10.2. The SMILES string of the molecule is CC(C)COc1ccc(CN2CC[C@@H](O)C2)cc1. The number of aliphatic hydroxyl groups excluding tert-OH is 1. The minimum absolute atomic E-state index is 0.140. The summed E-state index contributed by atoms with van der Waals surface area (Å²) in [4.78, 5) is 2.29. The molecule has 0 aromatic heterocycles. The Hall–Kier alpha value is -1.06. The molecule has 1 atom stereocenters. The highest BCUT2D eigenvalue weighted by molar-refractivity contribution is 5.27. The van der Waals surface area contributed by atoms with Gasteiger partial charge in [0.25, 0.3) is 0 Å². The normalized spacial score (nSPS) is 20.6. The van der Waals surface area contributed by atoms with Gasteiger partial charge >= 0.3 is 0 Å². The number of rotatable bonds is 5. The molecule has 0 saturated carbocycles. The van der Waals surface area contributed by atoms with Crippen molar-refractivity contribution in [2.75, 3.05) is 19.7 Å². The van der Waals surface area contributed by atoms with Crippen LogP contribution in [0.1, 0.15) is 25.8 Å². The molecule has 0 amide bonds. The van der Waals surface area contributed by atoms with Gasteiger partial charge in [-0.1, -0.05) is 26.0 Å². The van der Waals surface area contributed by atoms with Crippen molar-refractivity contribution >= 4 is 0 Å². The summed E-state index contributed by atoms with van der Waals surface area (Å²) in [6, 6.07) is 8.29. The molecule has 0 radical (unpaired) electrons. The molecule has 1 fully saturated rings. The van der Waals surface area contributed by atoms with Gasteiger partial charge in [-0.05, 0) is 30.0 Å². The third kappa shape index (κ3) is 4.00. The zero-order chi connectivity index (χ0) is 13.0. The van der Waals surface area contributed by atoms with Crippen molar-refractivity contribution in [3.63, 3.8) is 0 Å². The summed E-state index contributed by atoms with van der Waals surface area (Å²) in [6.45, 7) is 7.76. The Labute approximate surface area is 109 Å². The van der Waals surface area contributed by atoms with Crippen LogP contribution in [-0.2, 0) is 6.54 Å². The molecule has 1 aliphatic heterocycles. The first-order valence-electron chi connectivity index (χ1n) is 6.75. The average Bonchev–Trinajstić information content (AvgIpc) is 2.74. The summed E-state index contributed by atoms with van der Waals surface area (Å²) in [7, 11) is 0. The van der Waals surface area contributed by atoms with Crippen molar-refractivity contribution < 1.29 is 9.84 Å². The number of hydrogen-bond acceptors (Lipinski definition) is 3. The van der Waals surface area contributed by atoms with E-state index in [4.69, 9.17) is 4.74 Å². The zero-order valence-corrected chi connectivity index (χ0v) is 11.3. The molecule has 0 aliphatic carbocycles. The molecular formula is C15H23NO2. The van der Waals surface area contributed by atoms with Crippen LogP contribution in [0.3, 0.4) is 0 Å². The summed E-state index contributed by atoms with van der Waals surface area (Å²) >= 11 is 0. The van der Waals surface area contributed by atoms with Crippen LogP contribution >= 0.6 is 0 Å². The van der Waals surface area contributed by atoms with E-state index < -0.39 is 0 Å². The molecular weight excluding hydrogens is 226 g/mol. The second kappa shape index (κ2) is 6.21. The Bertz CT molecular complexity index is 361. The third-order valence-electron chi connectivity index (χ3n) is 3.16. The largest absolute Gasteiger partial charge is 0.493 e. The summed E-state index contributed by atoms with van der Waals surface area (Å²) in [5.41, 5.74) is 1.28. The van der Waals surface area contributed by atoms with Gasteiger partial charge in [0.1, 0.15) is 5.75 Å². The highest BCUT2D eigenvalue weighted by atomic mass is 16.5. The Kier molecular flexibility index (Phi) is 4.61. The van der Waals surface area contributed by atoms with Crippen LogP contribution in [0.15, 0.2) is 24.3 Å². The molecule has 0 unspecified atom stereocenters. The van der Waals surface area contributed by atoms with Crippen LogP contribution in [0.25, 0.3) is 0 Å². The Morgan fingerprint density at radius 2 is 2.06 bits per heavy atom. The van der Waals surface area contributed by atoms with E-state index in [1.165, 1.54) is 5.56 Å². The number of likely N-dealkylation sites (tertiary alicyclic amines) is 1. The van der Waals surface area contributed by atoms with Crippen molar-refractivity contribution in [2.45, 2.75) is 32.9 Å². The summed E-state index contributed by atoms with van der Waals surface area (Å²) < 4.78 is 5.66. The fourth-order valence-corrected chi connectivity index (χ4v) is 2.17. The number of aliphatic hydroxyl groups is 1. The van der Waals surface area contributed by atoms with Gasteiger partial charge < -0.3 is 9.84 Å². The van der Waals surface area contributed by atoms with E-state index in [-0.39, 0.29) is 6.10 Å². The second-order valence-electron chi connectivity index (χ2n) is 5.53. The summed E-state index contributed by atoms with van der Waals surface area (Å²) in [5.74, 6) is 1.49. The molecule has 2 rings (SSSR count). The summed E-state index contributed by atoms with van der Waals surface area (Å²) in [5, 5.41) is 9.48. The van der Waals surface area contributed by atoms with E-state index in [0.717, 1.165) is 38.4 Å². The quantitative estimate of drug-likeness (QED) is 0.869. The molecule has 1 aromatic carbocycles. The van der Waals surface area contributed by atoms with Crippen LogP contribution in [0.2, 0.25) is 0 Å². The van der Waals surface area contributed by atoms with E-state index in [2.05, 4.69) is 30.9 Å². The summed E-state index contributed by atoms with van der Waals surface area (Å²) in [6.07, 6.45) is 0.758. The van der Waals surface area contributed by atoms with Gasteiger partial charge in [-0.15, -0.1) is 0 Å². The van der Waals surface area contributed by atoms with Crippen LogP contribution in [-0.4, -0.2) is 35.8 Å². The molecule has 18 heavy (non-hydrogen) atoms. The number of ether oxygens (including phenoxy) is 1. The van der Waals surface area contributed by atoms with E-state index in [1.54, 1.807) is 0 Å². The van der Waals surface area contributed by atoms with Crippen LogP contribution < -0.4 is 4.74 Å². The van der Waals surface area contributed by atoms with Crippen molar-refractivity contribution in [1.82, 2.24) is 4.90 Å². The maximum Gasteiger partial charge on any atom is 0.119 e. The molecule has 1 heterocycles. The molecule has 100 valence electrons. The van der Waals surface area contributed by atoms with Gasteiger partial charge in [0.2, 0.25) is 0 Å². The molecule has 0 bridgehead atoms. The lowest BCUT2D eigenvalue weighted by molar-refractivity contribution is 0.175. The highest BCUT2D eigenvalue weighted by Gasteiger charge is 2.19. The van der Waals surface area contributed by atoms with Crippen molar-refractivity contribution in [3.8, 4) is 5.75 Å². The Morgan fingerprint density at radius 1 is 1.33 bits per heavy atom. The number of β-amino-alcohol motifs (C(OH)–C–C–N with tert-alkyl or cyclic N) is 1. The Balaban J connectivity index is 1.83. The topological polar surface area (TPSA) is 32.7 Å². The first kappa shape index (κ1) is 13.4. The lowest BCUT2D eigenvalue weighted by Crippen LogP contribution is -2.21. The lowest BCUT2D eigenvalue weighted by Gasteiger charge is -2.15. The maximum atomic E-state index is 9.48. The van der Waals surface area contributed by atoms with Crippen molar-refractivity contribution in [2.24, 2.45) is 5.92 Å². The fourth-order valence-electron chi connectivity index (χ4n) is 2.17. The number of benzene rings is 1. The van der Waals surface area contributed by atoms with Crippen LogP contribution in [0, 0.1) is 5.92 Å². The first-order chi connectivity index (χ1) is 8.63. The second-order valence-corrected chi connectivity index (χ2v) is 5.53. The van der Waals surface area contributed by atoms with Gasteiger partial charge in [-0.3, -0.25) is 4.90 Å². The minimum atomic E-state index is -0.140. The third-order valence-corrected chi connectivity index (χ3v) is 3.16. The molecule has 3 nitrogen and oxygen atoms in total. The van der Waals surface area contributed by atoms with Gasteiger partial charge in [0, 0.05) is 19.6 Å². The standard InChI is InChI=1S/C15H23NO2/c1-12(2)11-18-15-5-3-13(4-6-15)9-16-8-7-14(17)10-16/h3-6,12,14,17H,7-11H2,1-2H3/t14-/m1/s1. The average molecular weight is 249 g/mol. The minimum Gasteiger partial charge on any atom is -0.493 e. The monoisotopic (exact) mass is 249 g/mol. The van der Waals surface area contributed by atoms with Gasteiger partial charge in [-0.2, -0.15) is 0 Å². The first-order valence-corrected chi connectivity index (χ1v) is 6.75. The van der Waals surface area contributed by atoms with E-state index in [0.29, 0.717) is 5.92 Å². The van der Waals surface area contributed by atoms with Crippen molar-refractivity contribution in [3.05, 3.63) is 29.8 Å². The number of hydrogen-bond donors (Lipinski definition) is 1. The van der Waals surface area contributed by atoms with Gasteiger partial charge in [0.05, 0.1) is 12.7 Å². The molecule has 0 spiro atoms. The fraction of sp³-hybridized carbons (Fsp3) is 0.600. The van der Waals surface area contributed by atoms with E-state index >= 15 is 0 Å². The highest BCUT2D eigenvalue weighted by Crippen LogP contribution is 2.17. The molecule has 1 aromatic rings. The van der Waals surface area contributed by atoms with Crippen LogP contribution in [0.4, 0.5) is 0 Å². The maximum absolute atomic E-state index is 9.48. The Morgan fingerprint density at radius 3 is 2.61 bits per heavy atom. The van der Waals surface area contributed by atoms with Crippen molar-refractivity contribution in [1.29, 1.82) is 0 Å². The predicted molar refractivity (Wildman–Crippen MR) is 72.7 cm³/mol. The van der Waals surface area contributed by atoms with Gasteiger partial charge in [0.15, 0.2) is 0 Å². The predicted octanol–water partition coefficient (Wildman–Crippen LogP) is 2.29. The van der Waals surface area contributed by atoms with E-state index in [9.17, 15) is 5.11 Å². The molecule has 1 saturated heterocycles. The molecule has 1 N–H and O–H groups in total. The van der Waals surface area contributed by atoms with Gasteiger partial charge in [-0.25, -0.2) is 0 Å². The zero-order valence-electron chi connectivity index (χ0n) is 11.3. The van der Waals surface area contributed by atoms with Crippen LogP contribution in [0.5, 0.6) is 5.75 Å². The smallest absolute Gasteiger partial charge is 0.119 e. The molecule has 1 aliphatic rings. The molecule has 3 heteroatoms. The van der Waals surface area contributed by atoms with E-state index in [1.807, 2.05) is 12.1 Å².